The summed E-state index contributed by atoms with van der Waals surface area (Å²) in [6.07, 6.45) is 1.80. The Morgan fingerprint density at radius 2 is 1.77 bits per heavy atom. The first-order valence-corrected chi connectivity index (χ1v) is 10.7. The maximum atomic E-state index is 12.6. The number of aryl methyl sites for hydroxylation is 1. The second kappa shape index (κ2) is 8.62. The molecule has 1 aromatic heterocycles. The fourth-order valence-corrected chi connectivity index (χ4v) is 4.56. The minimum absolute atomic E-state index is 0.000457. The molecular formula is C22H22N4O3S. The minimum Gasteiger partial charge on any atom is -0.350 e. The third kappa shape index (κ3) is 4.04. The van der Waals surface area contributed by atoms with Crippen LogP contribution in [0.3, 0.4) is 0 Å². The number of nitrogens with zero attached hydrogens (tertiary/aromatic N) is 2. The molecule has 0 atom stereocenters. The fourth-order valence-electron chi connectivity index (χ4n) is 3.56. The van der Waals surface area contributed by atoms with Crippen molar-refractivity contribution in [3.63, 3.8) is 0 Å². The average Bonchev–Trinajstić information content (AvgIpc) is 3.12. The molecule has 0 spiro atoms. The second-order valence-electron chi connectivity index (χ2n) is 7.03. The Hall–Kier alpha value is -3.26. The van der Waals surface area contributed by atoms with Gasteiger partial charge in [0.15, 0.2) is 0 Å². The summed E-state index contributed by atoms with van der Waals surface area (Å²) in [5.74, 6) is -0.0703. The summed E-state index contributed by atoms with van der Waals surface area (Å²) < 4.78 is 1.86. The third-order valence-electron chi connectivity index (χ3n) is 5.05. The molecule has 0 bridgehead atoms. The van der Waals surface area contributed by atoms with Crippen LogP contribution in [0, 0.1) is 0 Å². The van der Waals surface area contributed by atoms with Crippen LogP contribution in [-0.4, -0.2) is 34.6 Å². The van der Waals surface area contributed by atoms with E-state index in [-0.39, 0.29) is 18.7 Å². The first-order valence-electron chi connectivity index (χ1n) is 9.70. The molecule has 0 radical (unpaired) electrons. The van der Waals surface area contributed by atoms with Gasteiger partial charge in [-0.1, -0.05) is 30.3 Å². The average molecular weight is 423 g/mol. The molecule has 2 N–H and O–H groups in total. The quantitative estimate of drug-likeness (QED) is 0.634. The summed E-state index contributed by atoms with van der Waals surface area (Å²) in [5.41, 5.74) is 7.15. The predicted molar refractivity (Wildman–Crippen MR) is 117 cm³/mol. The Morgan fingerprint density at radius 3 is 2.63 bits per heavy atom. The van der Waals surface area contributed by atoms with Crippen LogP contribution >= 0.6 is 11.8 Å². The number of rotatable bonds is 4. The van der Waals surface area contributed by atoms with Gasteiger partial charge in [-0.15, -0.1) is 11.8 Å². The normalized spacial score (nSPS) is 13.0. The molecule has 0 unspecified atom stereocenters. The fraction of sp³-hybridized carbons (Fsp3) is 0.227. The van der Waals surface area contributed by atoms with Gasteiger partial charge in [0, 0.05) is 54.2 Å². The number of benzene rings is 2. The molecule has 2 aromatic carbocycles. The van der Waals surface area contributed by atoms with Gasteiger partial charge in [0.1, 0.15) is 0 Å². The lowest BCUT2D eigenvalue weighted by atomic mass is 10.2. The zero-order chi connectivity index (χ0) is 21.1. The smallest absolute Gasteiger partial charge is 0.271 e. The van der Waals surface area contributed by atoms with Crippen LogP contribution in [0.5, 0.6) is 0 Å². The van der Waals surface area contributed by atoms with Gasteiger partial charge >= 0.3 is 0 Å². The van der Waals surface area contributed by atoms with Gasteiger partial charge in [-0.3, -0.25) is 25.2 Å². The lowest BCUT2D eigenvalue weighted by Gasteiger charge is -2.29. The van der Waals surface area contributed by atoms with Crippen LogP contribution in [-0.2, 0) is 16.6 Å². The maximum absolute atomic E-state index is 12.6. The Labute approximate surface area is 178 Å². The molecule has 0 saturated heterocycles. The number of fused-ring (bicyclic) bond motifs is 2. The van der Waals surface area contributed by atoms with Gasteiger partial charge in [-0.25, -0.2) is 0 Å². The number of anilines is 1. The molecule has 0 saturated carbocycles. The van der Waals surface area contributed by atoms with Crippen LogP contribution in [0.25, 0.3) is 10.9 Å². The number of nitrogens with one attached hydrogen (secondary N) is 2. The second-order valence-corrected chi connectivity index (χ2v) is 8.17. The zero-order valence-corrected chi connectivity index (χ0v) is 17.4. The van der Waals surface area contributed by atoms with Crippen molar-refractivity contribution >= 4 is 46.1 Å². The summed E-state index contributed by atoms with van der Waals surface area (Å²) in [4.78, 5) is 40.1. The molecule has 30 heavy (non-hydrogen) atoms. The van der Waals surface area contributed by atoms with E-state index < -0.39 is 11.8 Å². The summed E-state index contributed by atoms with van der Waals surface area (Å²) in [5, 5.41) is 0.809. The predicted octanol–water partition coefficient (Wildman–Crippen LogP) is 2.86. The van der Waals surface area contributed by atoms with Crippen molar-refractivity contribution in [3.8, 4) is 0 Å². The molecule has 3 aromatic rings. The summed E-state index contributed by atoms with van der Waals surface area (Å²) in [7, 11) is 1.86. The van der Waals surface area contributed by atoms with E-state index in [0.29, 0.717) is 12.1 Å². The number of hydrogen-bond acceptors (Lipinski definition) is 4. The van der Waals surface area contributed by atoms with E-state index in [1.807, 2.05) is 60.1 Å². The molecule has 0 aliphatic carbocycles. The highest BCUT2D eigenvalue weighted by atomic mass is 32.2. The molecule has 154 valence electrons. The molecule has 2 heterocycles. The highest BCUT2D eigenvalue weighted by Crippen LogP contribution is 2.34. The zero-order valence-electron chi connectivity index (χ0n) is 16.6. The number of amides is 3. The monoisotopic (exact) mass is 422 g/mol. The van der Waals surface area contributed by atoms with Gasteiger partial charge in [-0.2, -0.15) is 0 Å². The van der Waals surface area contributed by atoms with Crippen LogP contribution in [0.2, 0.25) is 0 Å². The van der Waals surface area contributed by atoms with Crippen molar-refractivity contribution in [2.24, 2.45) is 7.05 Å². The standard InChI is InChI=1S/C22H22N4O3S/c1-25-14-16(15-6-2-3-7-17(15)25)22(29)24-23-20(27)10-11-21(28)26-12-13-30-19-9-5-4-8-18(19)26/h2-9,14H,10-13H2,1H3,(H,23,27)(H,24,29). The summed E-state index contributed by atoms with van der Waals surface area (Å²) in [6.45, 7) is 0.625. The highest BCUT2D eigenvalue weighted by Gasteiger charge is 2.23. The van der Waals surface area contributed by atoms with Gasteiger partial charge in [0.05, 0.1) is 11.3 Å². The van der Waals surface area contributed by atoms with E-state index >= 15 is 0 Å². The number of hydrogen-bond donors (Lipinski definition) is 2. The van der Waals surface area contributed by atoms with Gasteiger partial charge in [-0.05, 0) is 18.2 Å². The molecular weight excluding hydrogens is 400 g/mol. The summed E-state index contributed by atoms with van der Waals surface area (Å²) in [6, 6.07) is 15.3. The lowest BCUT2D eigenvalue weighted by molar-refractivity contribution is -0.125. The highest BCUT2D eigenvalue weighted by molar-refractivity contribution is 7.99. The third-order valence-corrected chi connectivity index (χ3v) is 6.10. The topological polar surface area (TPSA) is 83.4 Å². The van der Waals surface area contributed by atoms with Crippen LogP contribution in [0.15, 0.2) is 59.6 Å². The first-order chi connectivity index (χ1) is 14.5. The van der Waals surface area contributed by atoms with Gasteiger partial charge in [0.25, 0.3) is 5.91 Å². The lowest BCUT2D eigenvalue weighted by Crippen LogP contribution is -2.42. The molecule has 4 rings (SSSR count). The largest absolute Gasteiger partial charge is 0.350 e. The molecule has 3 amide bonds. The SMILES string of the molecule is Cn1cc(C(=O)NNC(=O)CCC(=O)N2CCSc3ccccc32)c2ccccc21. The van der Waals surface area contributed by atoms with Crippen molar-refractivity contribution < 1.29 is 14.4 Å². The summed E-state index contributed by atoms with van der Waals surface area (Å²) >= 11 is 1.72. The van der Waals surface area contributed by atoms with Crippen molar-refractivity contribution in [1.29, 1.82) is 0 Å². The Kier molecular flexibility index (Phi) is 5.76. The maximum Gasteiger partial charge on any atom is 0.271 e. The van der Waals surface area contributed by atoms with Crippen molar-refractivity contribution in [2.75, 3.05) is 17.2 Å². The van der Waals surface area contributed by atoms with E-state index in [2.05, 4.69) is 10.9 Å². The number of para-hydroxylation sites is 2. The van der Waals surface area contributed by atoms with Crippen molar-refractivity contribution in [1.82, 2.24) is 15.4 Å². The number of hydrazine groups is 1. The van der Waals surface area contributed by atoms with Crippen LogP contribution in [0.1, 0.15) is 23.2 Å². The van der Waals surface area contributed by atoms with Crippen molar-refractivity contribution in [3.05, 3.63) is 60.3 Å². The van der Waals surface area contributed by atoms with E-state index in [0.717, 1.165) is 27.2 Å². The number of thioether (sulfide) groups is 1. The van der Waals surface area contributed by atoms with Gasteiger partial charge in [0.2, 0.25) is 11.8 Å². The molecule has 1 aliphatic heterocycles. The number of aromatic nitrogens is 1. The number of carbonyl (C=O) groups excluding carboxylic acids is 3. The van der Waals surface area contributed by atoms with E-state index in [9.17, 15) is 14.4 Å². The molecule has 8 heteroatoms. The first kappa shape index (κ1) is 20.0. The Bertz CT molecular complexity index is 1120. The molecule has 0 fully saturated rings. The molecule has 1 aliphatic rings. The van der Waals surface area contributed by atoms with Crippen molar-refractivity contribution in [2.45, 2.75) is 17.7 Å². The Morgan fingerprint density at radius 1 is 1.00 bits per heavy atom. The Balaban J connectivity index is 1.31. The van der Waals surface area contributed by atoms with E-state index in [1.165, 1.54) is 0 Å². The van der Waals surface area contributed by atoms with Crippen LogP contribution in [0.4, 0.5) is 5.69 Å². The number of carbonyl (C=O) groups is 3. The molecule has 7 nitrogen and oxygen atoms in total. The van der Waals surface area contributed by atoms with Gasteiger partial charge < -0.3 is 9.47 Å². The minimum atomic E-state index is -0.406. The van der Waals surface area contributed by atoms with Crippen LogP contribution < -0.4 is 15.8 Å². The van der Waals surface area contributed by atoms with E-state index in [1.54, 1.807) is 22.9 Å². The van der Waals surface area contributed by atoms with E-state index in [4.69, 9.17) is 0 Å².